The summed E-state index contributed by atoms with van der Waals surface area (Å²) in [6, 6.07) is 21.3. The van der Waals surface area contributed by atoms with Gasteiger partial charge >= 0.3 is 5.97 Å². The Morgan fingerprint density at radius 3 is 2.12 bits per heavy atom. The molecule has 2 heterocycles. The van der Waals surface area contributed by atoms with Crippen molar-refractivity contribution < 1.29 is 24.2 Å². The molecule has 3 aromatic carbocycles. The molecule has 2 saturated heterocycles. The van der Waals surface area contributed by atoms with Crippen molar-refractivity contribution in [1.29, 1.82) is 0 Å². The van der Waals surface area contributed by atoms with Crippen LogP contribution in [0.15, 0.2) is 66.7 Å². The molecule has 0 spiro atoms. The fourth-order valence-corrected chi connectivity index (χ4v) is 6.66. The van der Waals surface area contributed by atoms with Gasteiger partial charge < -0.3 is 19.6 Å². The molecular formula is C35H40N2O5. The molecule has 2 aliphatic rings. The first-order chi connectivity index (χ1) is 20.1. The van der Waals surface area contributed by atoms with Gasteiger partial charge in [-0.15, -0.1) is 0 Å². The van der Waals surface area contributed by atoms with E-state index in [2.05, 4.69) is 13.8 Å². The zero-order valence-electron chi connectivity index (χ0n) is 24.9. The highest BCUT2D eigenvalue weighted by Gasteiger charge is 2.42. The zero-order chi connectivity index (χ0) is 30.0. The van der Waals surface area contributed by atoms with Gasteiger partial charge in [0, 0.05) is 31.7 Å². The number of carboxylic acids is 1. The Hall–Kier alpha value is -4.13. The Bertz CT molecular complexity index is 1430. The summed E-state index contributed by atoms with van der Waals surface area (Å²) in [7, 11) is 0. The number of hydrogen-bond donors (Lipinski definition) is 1. The highest BCUT2D eigenvalue weighted by molar-refractivity contribution is 5.98. The minimum atomic E-state index is -0.979. The van der Waals surface area contributed by atoms with Crippen molar-refractivity contribution in [2.45, 2.75) is 46.6 Å². The Kier molecular flexibility index (Phi) is 8.66. The average Bonchev–Trinajstić information content (AvgIpc) is 3.40. The number of amides is 2. The smallest absolute Gasteiger partial charge is 0.336 e. The number of ether oxygens (including phenoxy) is 1. The number of piperidine rings is 1. The van der Waals surface area contributed by atoms with Gasteiger partial charge in [-0.1, -0.05) is 56.3 Å². The van der Waals surface area contributed by atoms with Gasteiger partial charge in [0.1, 0.15) is 12.4 Å². The summed E-state index contributed by atoms with van der Waals surface area (Å²) >= 11 is 0. The summed E-state index contributed by atoms with van der Waals surface area (Å²) in [6.07, 6.45) is 0.852. The van der Waals surface area contributed by atoms with Crippen LogP contribution in [0.5, 0.6) is 5.75 Å². The molecule has 2 aliphatic heterocycles. The van der Waals surface area contributed by atoms with Crippen molar-refractivity contribution in [3.63, 3.8) is 0 Å². The van der Waals surface area contributed by atoms with Crippen molar-refractivity contribution in [3.05, 3.63) is 100 Å². The number of hydrogen-bond acceptors (Lipinski definition) is 4. The van der Waals surface area contributed by atoms with Crippen LogP contribution in [-0.2, 0) is 11.4 Å². The van der Waals surface area contributed by atoms with Crippen molar-refractivity contribution in [3.8, 4) is 5.75 Å². The summed E-state index contributed by atoms with van der Waals surface area (Å²) < 4.78 is 5.95. The van der Waals surface area contributed by atoms with E-state index in [9.17, 15) is 19.5 Å². The maximum absolute atomic E-state index is 13.9. The number of carbonyl (C=O) groups excluding carboxylic acids is 2. The topological polar surface area (TPSA) is 87.2 Å². The third-order valence-corrected chi connectivity index (χ3v) is 8.81. The highest BCUT2D eigenvalue weighted by atomic mass is 16.5. The predicted molar refractivity (Wildman–Crippen MR) is 162 cm³/mol. The third-order valence-electron chi connectivity index (χ3n) is 8.81. The molecule has 2 fully saturated rings. The Morgan fingerprint density at radius 2 is 1.50 bits per heavy atom. The van der Waals surface area contributed by atoms with Crippen molar-refractivity contribution in [1.82, 2.24) is 9.80 Å². The standard InChI is InChI=1S/C35H40N2O5/c1-22(2)31(26-10-12-30(13-11-26)42-21-25-8-6-5-7-9-25)34(39)37-18-27-14-15-36(19-29(27)20-37)33(38)28-16-23(3)32(35(40)41)24(4)17-28/h5-13,16-17,22,27,29,31H,14-15,18-21H2,1-4H3,(H,40,41)/t27-,29+,31?/m1/s1. The van der Waals surface area contributed by atoms with Gasteiger partial charge in [-0.3, -0.25) is 9.59 Å². The van der Waals surface area contributed by atoms with E-state index < -0.39 is 5.97 Å². The second kappa shape index (κ2) is 12.4. The van der Waals surface area contributed by atoms with Gasteiger partial charge in [-0.2, -0.15) is 0 Å². The number of nitrogens with zero attached hydrogens (tertiary/aromatic N) is 2. The molecule has 0 aliphatic carbocycles. The van der Waals surface area contributed by atoms with Crippen LogP contribution in [0.4, 0.5) is 0 Å². The van der Waals surface area contributed by atoms with Gasteiger partial charge in [0.15, 0.2) is 0 Å². The first-order valence-corrected chi connectivity index (χ1v) is 14.8. The molecule has 1 unspecified atom stereocenters. The van der Waals surface area contributed by atoms with Crippen LogP contribution < -0.4 is 4.74 Å². The van der Waals surface area contributed by atoms with Crippen LogP contribution in [0.25, 0.3) is 0 Å². The molecule has 7 nitrogen and oxygen atoms in total. The third kappa shape index (κ3) is 6.20. The van der Waals surface area contributed by atoms with E-state index >= 15 is 0 Å². The van der Waals surface area contributed by atoms with E-state index in [0.29, 0.717) is 48.8 Å². The zero-order valence-corrected chi connectivity index (χ0v) is 24.9. The SMILES string of the molecule is Cc1cc(C(=O)N2CC[C@@H]3CN(C(=O)C(c4ccc(OCc5ccccc5)cc4)C(C)C)C[C@@H]3C2)cc(C)c1C(=O)O. The lowest BCUT2D eigenvalue weighted by Crippen LogP contribution is -2.43. The Labute approximate surface area is 248 Å². The van der Waals surface area contributed by atoms with E-state index in [1.807, 2.05) is 64.4 Å². The number of aromatic carboxylic acids is 1. The van der Waals surface area contributed by atoms with Crippen LogP contribution in [0.2, 0.25) is 0 Å². The molecule has 0 saturated carbocycles. The predicted octanol–water partition coefficient (Wildman–Crippen LogP) is 5.94. The van der Waals surface area contributed by atoms with E-state index in [1.54, 1.807) is 26.0 Å². The summed E-state index contributed by atoms with van der Waals surface area (Å²) in [5.41, 5.74) is 4.06. The lowest BCUT2D eigenvalue weighted by Gasteiger charge is -2.34. The molecule has 5 rings (SSSR count). The van der Waals surface area contributed by atoms with E-state index in [1.165, 1.54) is 0 Å². The maximum atomic E-state index is 13.9. The number of fused-ring (bicyclic) bond motifs is 1. The summed E-state index contributed by atoms with van der Waals surface area (Å²) in [5.74, 6) is 0.359. The molecule has 3 atom stereocenters. The molecule has 1 N–H and O–H groups in total. The molecule has 7 heteroatoms. The number of aryl methyl sites for hydroxylation is 2. The van der Waals surface area contributed by atoms with Crippen LogP contribution in [0.1, 0.15) is 69.2 Å². The number of carboxylic acid groups (broad SMARTS) is 1. The van der Waals surface area contributed by atoms with Crippen LogP contribution in [-0.4, -0.2) is 58.9 Å². The van der Waals surface area contributed by atoms with E-state index in [0.717, 1.165) is 29.8 Å². The minimum absolute atomic E-state index is 0.0732. The van der Waals surface area contributed by atoms with E-state index in [4.69, 9.17) is 4.74 Å². The lowest BCUT2D eigenvalue weighted by atomic mass is 9.87. The number of carbonyl (C=O) groups is 3. The first kappa shape index (κ1) is 29.4. The fraction of sp³-hybridized carbons (Fsp3) is 0.400. The number of rotatable bonds is 8. The monoisotopic (exact) mass is 568 g/mol. The molecule has 0 aromatic heterocycles. The fourth-order valence-electron chi connectivity index (χ4n) is 6.66. The molecular weight excluding hydrogens is 528 g/mol. The number of benzene rings is 3. The highest BCUT2D eigenvalue weighted by Crippen LogP contribution is 2.36. The number of likely N-dealkylation sites (tertiary alicyclic amines) is 2. The second-order valence-corrected chi connectivity index (χ2v) is 12.2. The summed E-state index contributed by atoms with van der Waals surface area (Å²) in [4.78, 5) is 42.8. The molecule has 2 amide bonds. The van der Waals surface area contributed by atoms with Crippen molar-refractivity contribution in [2.75, 3.05) is 26.2 Å². The maximum Gasteiger partial charge on any atom is 0.336 e. The Balaban J connectivity index is 1.23. The Morgan fingerprint density at radius 1 is 0.881 bits per heavy atom. The molecule has 220 valence electrons. The van der Waals surface area contributed by atoms with E-state index in [-0.39, 0.29) is 35.1 Å². The lowest BCUT2D eigenvalue weighted by molar-refractivity contribution is -0.133. The van der Waals surface area contributed by atoms with Gasteiger partial charge in [-0.05, 0) is 84.5 Å². The molecule has 0 bridgehead atoms. The first-order valence-electron chi connectivity index (χ1n) is 14.8. The molecule has 0 radical (unpaired) electrons. The summed E-state index contributed by atoms with van der Waals surface area (Å²) in [6.45, 7) is 10.7. The molecule has 3 aromatic rings. The molecule has 42 heavy (non-hydrogen) atoms. The van der Waals surface area contributed by atoms with Gasteiger partial charge in [0.25, 0.3) is 5.91 Å². The van der Waals surface area contributed by atoms with Gasteiger partial charge in [-0.25, -0.2) is 4.79 Å². The summed E-state index contributed by atoms with van der Waals surface area (Å²) in [5, 5.41) is 9.48. The largest absolute Gasteiger partial charge is 0.489 e. The average molecular weight is 569 g/mol. The normalized spacial score (nSPS) is 19.0. The minimum Gasteiger partial charge on any atom is -0.489 e. The van der Waals surface area contributed by atoms with Crippen molar-refractivity contribution >= 4 is 17.8 Å². The van der Waals surface area contributed by atoms with Crippen molar-refractivity contribution in [2.24, 2.45) is 17.8 Å². The second-order valence-electron chi connectivity index (χ2n) is 12.2. The van der Waals surface area contributed by atoms with Gasteiger partial charge in [0.05, 0.1) is 11.5 Å². The quantitative estimate of drug-likeness (QED) is 0.363. The van der Waals surface area contributed by atoms with Crippen LogP contribution in [0.3, 0.4) is 0 Å². The van der Waals surface area contributed by atoms with Gasteiger partial charge in [0.2, 0.25) is 5.91 Å². The van der Waals surface area contributed by atoms with Crippen LogP contribution >= 0.6 is 0 Å². The van der Waals surface area contributed by atoms with Crippen LogP contribution in [0, 0.1) is 31.6 Å².